The van der Waals surface area contributed by atoms with Crippen LogP contribution in [0.25, 0.3) is 11.2 Å². The van der Waals surface area contributed by atoms with Gasteiger partial charge in [-0.3, -0.25) is 9.36 Å². The first-order valence-corrected chi connectivity index (χ1v) is 5.38. The summed E-state index contributed by atoms with van der Waals surface area (Å²) in [5, 5.41) is 0. The van der Waals surface area contributed by atoms with Gasteiger partial charge >= 0.3 is 0 Å². The van der Waals surface area contributed by atoms with Crippen molar-refractivity contribution in [2.45, 2.75) is 12.8 Å². The summed E-state index contributed by atoms with van der Waals surface area (Å²) >= 11 is 0. The van der Waals surface area contributed by atoms with Gasteiger partial charge in [-0.05, 0) is 12.1 Å². The molecule has 0 unspecified atom stereocenters. The highest BCUT2D eigenvalue weighted by Crippen LogP contribution is 2.10. The number of hydrogen-bond donors (Lipinski definition) is 0. The number of hydrogen-bond acceptors (Lipinski definition) is 5. The molecule has 0 amide bonds. The standard InChI is InChI=1S/C11H11N3O3/c15-9-6-13-11-8(2-1-3-12-11)14(9)7-10-16-4-5-17-10/h1-3,6,10H,4-5,7H2. The average Bonchev–Trinajstić information content (AvgIpc) is 2.86. The molecular formula is C11H11N3O3. The van der Waals surface area contributed by atoms with Crippen molar-refractivity contribution < 1.29 is 9.47 Å². The van der Waals surface area contributed by atoms with Crippen molar-refractivity contribution in [1.82, 2.24) is 14.5 Å². The van der Waals surface area contributed by atoms with Crippen LogP contribution in [0.5, 0.6) is 0 Å². The van der Waals surface area contributed by atoms with E-state index in [0.29, 0.717) is 30.9 Å². The van der Waals surface area contributed by atoms with E-state index >= 15 is 0 Å². The zero-order chi connectivity index (χ0) is 11.7. The van der Waals surface area contributed by atoms with Gasteiger partial charge in [0, 0.05) is 6.20 Å². The highest BCUT2D eigenvalue weighted by atomic mass is 16.7. The second-order valence-electron chi connectivity index (χ2n) is 3.72. The Bertz CT molecular complexity index is 590. The van der Waals surface area contributed by atoms with Crippen LogP contribution in [0.2, 0.25) is 0 Å². The van der Waals surface area contributed by atoms with Crippen molar-refractivity contribution in [2.24, 2.45) is 0 Å². The Balaban J connectivity index is 2.06. The minimum Gasteiger partial charge on any atom is -0.348 e. The maximum atomic E-state index is 11.8. The molecule has 2 aromatic rings. The van der Waals surface area contributed by atoms with Crippen LogP contribution in [0.15, 0.2) is 29.3 Å². The van der Waals surface area contributed by atoms with Gasteiger partial charge in [0.15, 0.2) is 11.9 Å². The molecule has 3 heterocycles. The third-order valence-corrected chi connectivity index (χ3v) is 2.64. The Hall–Kier alpha value is -1.79. The maximum Gasteiger partial charge on any atom is 0.269 e. The van der Waals surface area contributed by atoms with E-state index in [1.165, 1.54) is 6.20 Å². The van der Waals surface area contributed by atoms with Gasteiger partial charge in [0.2, 0.25) is 0 Å². The largest absolute Gasteiger partial charge is 0.348 e. The predicted octanol–water partition coefficient (Wildman–Crippen LogP) is 0.164. The van der Waals surface area contributed by atoms with Crippen LogP contribution in [0.4, 0.5) is 0 Å². The molecule has 1 saturated heterocycles. The molecular weight excluding hydrogens is 222 g/mol. The highest BCUT2D eigenvalue weighted by molar-refractivity contribution is 5.69. The van der Waals surface area contributed by atoms with E-state index in [-0.39, 0.29) is 11.8 Å². The van der Waals surface area contributed by atoms with Crippen molar-refractivity contribution in [3.05, 3.63) is 34.9 Å². The van der Waals surface area contributed by atoms with Gasteiger partial charge in [-0.25, -0.2) is 9.97 Å². The van der Waals surface area contributed by atoms with Crippen LogP contribution in [0.3, 0.4) is 0 Å². The summed E-state index contributed by atoms with van der Waals surface area (Å²) < 4.78 is 12.3. The first-order chi connectivity index (χ1) is 8.34. The molecule has 2 aromatic heterocycles. The quantitative estimate of drug-likeness (QED) is 0.739. The van der Waals surface area contributed by atoms with Crippen molar-refractivity contribution in [3.8, 4) is 0 Å². The van der Waals surface area contributed by atoms with Crippen molar-refractivity contribution in [2.75, 3.05) is 13.2 Å². The van der Waals surface area contributed by atoms with Crippen LogP contribution < -0.4 is 5.56 Å². The van der Waals surface area contributed by atoms with Crippen LogP contribution >= 0.6 is 0 Å². The van der Waals surface area contributed by atoms with Gasteiger partial charge in [-0.2, -0.15) is 0 Å². The van der Waals surface area contributed by atoms with Gasteiger partial charge in [-0.1, -0.05) is 0 Å². The van der Waals surface area contributed by atoms with E-state index in [2.05, 4.69) is 9.97 Å². The van der Waals surface area contributed by atoms with Gasteiger partial charge < -0.3 is 9.47 Å². The van der Waals surface area contributed by atoms with Gasteiger partial charge in [0.1, 0.15) is 0 Å². The molecule has 0 spiro atoms. The van der Waals surface area contributed by atoms with Crippen molar-refractivity contribution >= 4 is 11.2 Å². The summed E-state index contributed by atoms with van der Waals surface area (Å²) in [6.45, 7) is 1.50. The van der Waals surface area contributed by atoms with E-state index in [1.54, 1.807) is 16.8 Å². The summed E-state index contributed by atoms with van der Waals surface area (Å²) in [7, 11) is 0. The highest BCUT2D eigenvalue weighted by Gasteiger charge is 2.18. The molecule has 0 saturated carbocycles. The molecule has 6 nitrogen and oxygen atoms in total. The fourth-order valence-electron chi connectivity index (χ4n) is 1.85. The summed E-state index contributed by atoms with van der Waals surface area (Å²) in [6.07, 6.45) is 2.55. The number of nitrogens with zero attached hydrogens (tertiary/aromatic N) is 3. The van der Waals surface area contributed by atoms with E-state index in [1.807, 2.05) is 6.07 Å². The zero-order valence-electron chi connectivity index (χ0n) is 9.07. The lowest BCUT2D eigenvalue weighted by molar-refractivity contribution is -0.0523. The molecule has 0 atom stereocenters. The molecule has 17 heavy (non-hydrogen) atoms. The molecule has 1 fully saturated rings. The molecule has 0 aromatic carbocycles. The lowest BCUT2D eigenvalue weighted by atomic mass is 10.4. The van der Waals surface area contributed by atoms with Gasteiger partial charge in [0.25, 0.3) is 5.56 Å². The molecule has 0 bridgehead atoms. The molecule has 88 valence electrons. The van der Waals surface area contributed by atoms with Crippen molar-refractivity contribution in [1.29, 1.82) is 0 Å². The molecule has 3 rings (SSSR count). The van der Waals surface area contributed by atoms with E-state index < -0.39 is 0 Å². The van der Waals surface area contributed by atoms with E-state index in [9.17, 15) is 4.79 Å². The second kappa shape index (κ2) is 4.23. The third-order valence-electron chi connectivity index (χ3n) is 2.64. The van der Waals surface area contributed by atoms with Crippen LogP contribution in [-0.4, -0.2) is 34.0 Å². The van der Waals surface area contributed by atoms with Crippen molar-refractivity contribution in [3.63, 3.8) is 0 Å². The smallest absolute Gasteiger partial charge is 0.269 e. The fraction of sp³-hybridized carbons (Fsp3) is 0.364. The van der Waals surface area contributed by atoms with Gasteiger partial charge in [-0.15, -0.1) is 0 Å². The summed E-state index contributed by atoms with van der Waals surface area (Å²) in [5.41, 5.74) is 1.06. The van der Waals surface area contributed by atoms with E-state index in [4.69, 9.17) is 9.47 Å². The Labute approximate surface area is 96.8 Å². The molecule has 0 N–H and O–H groups in total. The number of rotatable bonds is 2. The molecule has 1 aliphatic heterocycles. The normalized spacial score (nSPS) is 16.7. The molecule has 6 heteroatoms. The van der Waals surface area contributed by atoms with Gasteiger partial charge in [0.05, 0.1) is 31.5 Å². The lowest BCUT2D eigenvalue weighted by Gasteiger charge is -2.12. The minimum atomic E-state index is -0.362. The molecule has 0 radical (unpaired) electrons. The maximum absolute atomic E-state index is 11.8. The fourth-order valence-corrected chi connectivity index (χ4v) is 1.85. The van der Waals surface area contributed by atoms with E-state index in [0.717, 1.165) is 0 Å². The minimum absolute atomic E-state index is 0.176. The average molecular weight is 233 g/mol. The number of fused-ring (bicyclic) bond motifs is 1. The van der Waals surface area contributed by atoms with Crippen LogP contribution in [0, 0.1) is 0 Å². The SMILES string of the molecule is O=c1cnc2ncccc2n1CC1OCCO1. The predicted molar refractivity (Wildman–Crippen MR) is 59.5 cm³/mol. The zero-order valence-corrected chi connectivity index (χ0v) is 9.07. The topological polar surface area (TPSA) is 66.2 Å². The lowest BCUT2D eigenvalue weighted by Crippen LogP contribution is -2.27. The second-order valence-corrected chi connectivity index (χ2v) is 3.72. The Morgan fingerprint density at radius 1 is 1.35 bits per heavy atom. The van der Waals surface area contributed by atoms with Crippen LogP contribution in [-0.2, 0) is 16.0 Å². The van der Waals surface area contributed by atoms with Crippen LogP contribution in [0.1, 0.15) is 0 Å². The third kappa shape index (κ3) is 1.92. The number of pyridine rings is 1. The first-order valence-electron chi connectivity index (χ1n) is 5.38. The summed E-state index contributed by atoms with van der Waals surface area (Å²) in [5.74, 6) is 0. The molecule has 1 aliphatic rings. The Kier molecular flexibility index (Phi) is 2.58. The first kappa shape index (κ1) is 10.4. The molecule has 0 aliphatic carbocycles. The summed E-state index contributed by atoms with van der Waals surface area (Å²) in [6, 6.07) is 3.59. The summed E-state index contributed by atoms with van der Waals surface area (Å²) in [4.78, 5) is 19.9. The monoisotopic (exact) mass is 233 g/mol. The Morgan fingerprint density at radius 3 is 3.00 bits per heavy atom. The number of ether oxygens (including phenoxy) is 2. The number of aromatic nitrogens is 3. The Morgan fingerprint density at radius 2 is 2.18 bits per heavy atom.